The van der Waals surface area contributed by atoms with Crippen LogP contribution in [0.25, 0.3) is 0 Å². The second-order valence-corrected chi connectivity index (χ2v) is 4.81. The molecule has 2 rings (SSSR count). The average molecular weight is 247 g/mol. The van der Waals surface area contributed by atoms with Crippen LogP contribution in [0.15, 0.2) is 30.3 Å². The molecule has 1 aliphatic rings. The predicted octanol–water partition coefficient (Wildman–Crippen LogP) is 1.57. The van der Waals surface area contributed by atoms with Crippen molar-refractivity contribution in [2.45, 2.75) is 19.4 Å². The summed E-state index contributed by atoms with van der Waals surface area (Å²) in [6.07, 6.45) is 2.05. The van der Waals surface area contributed by atoms with Gasteiger partial charge in [0.2, 0.25) is 0 Å². The van der Waals surface area contributed by atoms with Crippen molar-refractivity contribution in [1.29, 1.82) is 0 Å². The Kier molecular flexibility index (Phi) is 4.59. The third kappa shape index (κ3) is 3.47. The minimum absolute atomic E-state index is 0.0364. The number of hydrogen-bond acceptors (Lipinski definition) is 2. The Balaban J connectivity index is 1.75. The van der Waals surface area contributed by atoms with Crippen molar-refractivity contribution < 1.29 is 4.79 Å². The molecule has 4 nitrogen and oxygen atoms in total. The number of urea groups is 1. The van der Waals surface area contributed by atoms with Gasteiger partial charge < -0.3 is 16.0 Å². The molecule has 1 saturated heterocycles. The molecule has 0 aliphatic carbocycles. The maximum absolute atomic E-state index is 11.9. The molecule has 1 aromatic rings. The van der Waals surface area contributed by atoms with E-state index in [-0.39, 0.29) is 6.03 Å². The number of nitrogens with two attached hydrogens (primary N) is 1. The van der Waals surface area contributed by atoms with E-state index in [1.807, 2.05) is 35.2 Å². The van der Waals surface area contributed by atoms with Crippen molar-refractivity contribution in [3.8, 4) is 0 Å². The van der Waals surface area contributed by atoms with Gasteiger partial charge >= 0.3 is 6.03 Å². The van der Waals surface area contributed by atoms with Gasteiger partial charge in [-0.1, -0.05) is 30.3 Å². The number of likely N-dealkylation sites (tertiary alicyclic amines) is 1. The van der Waals surface area contributed by atoms with Crippen LogP contribution in [0.5, 0.6) is 0 Å². The van der Waals surface area contributed by atoms with Gasteiger partial charge in [-0.05, 0) is 30.9 Å². The number of rotatable bonds is 3. The lowest BCUT2D eigenvalue weighted by Crippen LogP contribution is -2.45. The van der Waals surface area contributed by atoms with Gasteiger partial charge in [0.1, 0.15) is 0 Å². The van der Waals surface area contributed by atoms with Gasteiger partial charge in [-0.15, -0.1) is 0 Å². The zero-order valence-corrected chi connectivity index (χ0v) is 10.6. The first-order chi connectivity index (χ1) is 8.79. The smallest absolute Gasteiger partial charge is 0.317 e. The molecule has 0 bridgehead atoms. The highest BCUT2D eigenvalue weighted by molar-refractivity contribution is 5.74. The number of carbonyl (C=O) groups is 1. The van der Waals surface area contributed by atoms with Gasteiger partial charge in [-0.3, -0.25) is 0 Å². The van der Waals surface area contributed by atoms with Crippen molar-refractivity contribution in [3.05, 3.63) is 35.9 Å². The highest BCUT2D eigenvalue weighted by Crippen LogP contribution is 2.15. The van der Waals surface area contributed by atoms with Gasteiger partial charge in [-0.2, -0.15) is 0 Å². The summed E-state index contributed by atoms with van der Waals surface area (Å²) in [5, 5.41) is 2.96. The molecule has 1 heterocycles. The highest BCUT2D eigenvalue weighted by atomic mass is 16.2. The maximum atomic E-state index is 11.9. The number of carbonyl (C=O) groups excluding carboxylic acids is 1. The minimum Gasteiger partial charge on any atom is -0.334 e. The monoisotopic (exact) mass is 247 g/mol. The van der Waals surface area contributed by atoms with Crippen LogP contribution in [0.4, 0.5) is 4.79 Å². The van der Waals surface area contributed by atoms with Crippen molar-refractivity contribution >= 4 is 6.03 Å². The van der Waals surface area contributed by atoms with E-state index in [4.69, 9.17) is 5.73 Å². The molecule has 3 N–H and O–H groups in total. The lowest BCUT2D eigenvalue weighted by molar-refractivity contribution is 0.171. The van der Waals surface area contributed by atoms with E-state index in [2.05, 4.69) is 5.32 Å². The Labute approximate surface area is 108 Å². The lowest BCUT2D eigenvalue weighted by atomic mass is 9.97. The maximum Gasteiger partial charge on any atom is 0.317 e. The summed E-state index contributed by atoms with van der Waals surface area (Å²) in [4.78, 5) is 13.8. The molecular formula is C14H21N3O. The van der Waals surface area contributed by atoms with Gasteiger partial charge in [0.15, 0.2) is 0 Å². The van der Waals surface area contributed by atoms with Crippen molar-refractivity contribution in [2.24, 2.45) is 11.7 Å². The van der Waals surface area contributed by atoms with E-state index in [0.717, 1.165) is 38.0 Å². The zero-order valence-electron chi connectivity index (χ0n) is 10.6. The van der Waals surface area contributed by atoms with E-state index >= 15 is 0 Å². The quantitative estimate of drug-likeness (QED) is 0.851. The summed E-state index contributed by atoms with van der Waals surface area (Å²) < 4.78 is 0. The Bertz CT molecular complexity index is 372. The summed E-state index contributed by atoms with van der Waals surface area (Å²) in [6.45, 7) is 2.97. The number of nitrogens with zero attached hydrogens (tertiary/aromatic N) is 1. The minimum atomic E-state index is 0.0364. The molecule has 0 spiro atoms. The molecule has 18 heavy (non-hydrogen) atoms. The van der Waals surface area contributed by atoms with Crippen LogP contribution in [0.1, 0.15) is 18.4 Å². The number of nitrogens with one attached hydrogen (secondary N) is 1. The Hall–Kier alpha value is -1.55. The van der Waals surface area contributed by atoms with Gasteiger partial charge in [-0.25, -0.2) is 4.79 Å². The fourth-order valence-electron chi connectivity index (χ4n) is 2.26. The van der Waals surface area contributed by atoms with Gasteiger partial charge in [0.25, 0.3) is 0 Å². The Morgan fingerprint density at radius 2 is 1.94 bits per heavy atom. The summed E-state index contributed by atoms with van der Waals surface area (Å²) >= 11 is 0. The van der Waals surface area contributed by atoms with Crippen molar-refractivity contribution in [3.63, 3.8) is 0 Å². The number of piperidine rings is 1. The number of amides is 2. The standard InChI is InChI=1S/C14H21N3O/c15-10-12-6-8-17(9-7-12)14(18)16-11-13-4-2-1-3-5-13/h1-5,12H,6-11,15H2,(H,16,18). The molecule has 1 fully saturated rings. The number of hydrogen-bond donors (Lipinski definition) is 2. The molecule has 0 atom stereocenters. The molecule has 0 unspecified atom stereocenters. The van der Waals surface area contributed by atoms with Crippen LogP contribution in [0.2, 0.25) is 0 Å². The van der Waals surface area contributed by atoms with E-state index in [1.165, 1.54) is 0 Å². The van der Waals surface area contributed by atoms with Crippen LogP contribution >= 0.6 is 0 Å². The van der Waals surface area contributed by atoms with Crippen molar-refractivity contribution in [2.75, 3.05) is 19.6 Å². The Morgan fingerprint density at radius 1 is 1.28 bits per heavy atom. The average Bonchev–Trinajstić information content (AvgIpc) is 2.46. The van der Waals surface area contributed by atoms with Crippen LogP contribution in [-0.2, 0) is 6.54 Å². The SMILES string of the molecule is NCC1CCN(C(=O)NCc2ccccc2)CC1. The highest BCUT2D eigenvalue weighted by Gasteiger charge is 2.21. The largest absolute Gasteiger partial charge is 0.334 e. The molecule has 98 valence electrons. The summed E-state index contributed by atoms with van der Waals surface area (Å²) in [5.41, 5.74) is 6.77. The predicted molar refractivity (Wildman–Crippen MR) is 72.0 cm³/mol. The van der Waals surface area contributed by atoms with Crippen molar-refractivity contribution in [1.82, 2.24) is 10.2 Å². The first kappa shape index (κ1) is 12.9. The first-order valence-corrected chi connectivity index (χ1v) is 6.56. The number of benzene rings is 1. The van der Waals surface area contributed by atoms with Crippen LogP contribution < -0.4 is 11.1 Å². The topological polar surface area (TPSA) is 58.4 Å². The van der Waals surface area contributed by atoms with E-state index in [0.29, 0.717) is 12.5 Å². The third-order valence-electron chi connectivity index (χ3n) is 3.52. The molecule has 4 heteroatoms. The van der Waals surface area contributed by atoms with Gasteiger partial charge in [0.05, 0.1) is 0 Å². The van der Waals surface area contributed by atoms with Crippen LogP contribution in [-0.4, -0.2) is 30.6 Å². The molecule has 2 amide bonds. The molecule has 0 saturated carbocycles. The van der Waals surface area contributed by atoms with E-state index in [1.54, 1.807) is 0 Å². The van der Waals surface area contributed by atoms with Gasteiger partial charge in [0, 0.05) is 19.6 Å². The molecule has 1 aromatic carbocycles. The lowest BCUT2D eigenvalue weighted by Gasteiger charge is -2.31. The fraction of sp³-hybridized carbons (Fsp3) is 0.500. The molecule has 0 radical (unpaired) electrons. The second-order valence-electron chi connectivity index (χ2n) is 4.81. The zero-order chi connectivity index (χ0) is 12.8. The van der Waals surface area contributed by atoms with Crippen LogP contribution in [0, 0.1) is 5.92 Å². The second kappa shape index (κ2) is 6.40. The normalized spacial score (nSPS) is 16.6. The van der Waals surface area contributed by atoms with E-state index < -0.39 is 0 Å². The Morgan fingerprint density at radius 3 is 2.56 bits per heavy atom. The molecular weight excluding hydrogens is 226 g/mol. The summed E-state index contributed by atoms with van der Waals surface area (Å²) in [5.74, 6) is 0.586. The summed E-state index contributed by atoms with van der Waals surface area (Å²) in [7, 11) is 0. The fourth-order valence-corrected chi connectivity index (χ4v) is 2.26. The van der Waals surface area contributed by atoms with Crippen LogP contribution in [0.3, 0.4) is 0 Å². The molecule has 1 aliphatic heterocycles. The third-order valence-corrected chi connectivity index (χ3v) is 3.52. The molecule has 0 aromatic heterocycles. The van der Waals surface area contributed by atoms with E-state index in [9.17, 15) is 4.79 Å². The first-order valence-electron chi connectivity index (χ1n) is 6.56. The summed E-state index contributed by atoms with van der Waals surface area (Å²) in [6, 6.07) is 10.0.